The van der Waals surface area contributed by atoms with Crippen molar-refractivity contribution in [1.29, 1.82) is 0 Å². The Balaban J connectivity index is 1.88. The normalized spacial score (nSPS) is 16.1. The first-order valence-corrected chi connectivity index (χ1v) is 14.9. The van der Waals surface area contributed by atoms with Crippen molar-refractivity contribution < 1.29 is 23.1 Å². The van der Waals surface area contributed by atoms with Crippen LogP contribution in [0.3, 0.4) is 0 Å². The van der Waals surface area contributed by atoms with Crippen molar-refractivity contribution in [1.82, 2.24) is 4.98 Å². The Hall–Kier alpha value is -2.16. The van der Waals surface area contributed by atoms with Crippen molar-refractivity contribution in [2.45, 2.75) is 58.3 Å². The molecule has 1 aliphatic heterocycles. The Morgan fingerprint density at radius 1 is 1.26 bits per heavy atom. The van der Waals surface area contributed by atoms with E-state index >= 15 is 0 Å². The van der Waals surface area contributed by atoms with Gasteiger partial charge in [-0.05, 0) is 48.8 Å². The number of ether oxygens (including phenoxy) is 2. The Morgan fingerprint density at radius 2 is 1.94 bits per heavy atom. The highest BCUT2D eigenvalue weighted by atomic mass is 35.5. The lowest BCUT2D eigenvalue weighted by molar-refractivity contribution is -0.117. The maximum atomic E-state index is 13.4. The second-order valence-corrected chi connectivity index (χ2v) is 15.2. The lowest BCUT2D eigenvalue weighted by Gasteiger charge is -2.36. The number of halogens is 2. The molecule has 1 aromatic heterocycles. The highest BCUT2D eigenvalue weighted by Gasteiger charge is 2.37. The molecule has 1 aromatic carbocycles. The van der Waals surface area contributed by atoms with Gasteiger partial charge in [0.2, 0.25) is 17.7 Å². The summed E-state index contributed by atoms with van der Waals surface area (Å²) in [5.41, 5.74) is 2.22. The molecule has 2 heterocycles. The molecule has 0 radical (unpaired) electrons. The van der Waals surface area contributed by atoms with Crippen LogP contribution < -0.4 is 14.4 Å². The molecule has 186 valence electrons. The van der Waals surface area contributed by atoms with Gasteiger partial charge in [-0.15, -0.1) is 11.6 Å². The Morgan fingerprint density at radius 3 is 2.56 bits per heavy atom. The first kappa shape index (κ1) is 26.4. The summed E-state index contributed by atoms with van der Waals surface area (Å²) in [6.07, 6.45) is 0.455. The number of anilines is 1. The van der Waals surface area contributed by atoms with Gasteiger partial charge in [0, 0.05) is 12.0 Å². The second kappa shape index (κ2) is 10.6. The molecule has 0 bridgehead atoms. The van der Waals surface area contributed by atoms with E-state index in [1.165, 1.54) is 12.1 Å². The molecule has 0 saturated carbocycles. The molecule has 6 nitrogen and oxygen atoms in total. The molecule has 0 spiro atoms. The third-order valence-corrected chi connectivity index (χ3v) is 11.2. The summed E-state index contributed by atoms with van der Waals surface area (Å²) in [6.45, 7) is 14.0. The molecule has 0 N–H and O–H groups in total. The van der Waals surface area contributed by atoms with Gasteiger partial charge in [0.1, 0.15) is 30.6 Å². The van der Waals surface area contributed by atoms with Crippen LogP contribution in [-0.4, -0.2) is 51.0 Å². The van der Waals surface area contributed by atoms with Crippen molar-refractivity contribution in [2.24, 2.45) is 0 Å². The van der Waals surface area contributed by atoms with Crippen LogP contribution in [0.15, 0.2) is 30.3 Å². The molecule has 9 heteroatoms. The average Bonchev–Trinajstić information content (AvgIpc) is 2.77. The quantitative estimate of drug-likeness (QED) is 0.265. The first-order valence-electron chi connectivity index (χ1n) is 11.5. The lowest BCUT2D eigenvalue weighted by atomic mass is 10.0. The monoisotopic (exact) mass is 508 g/mol. The van der Waals surface area contributed by atoms with E-state index in [4.69, 9.17) is 25.5 Å². The van der Waals surface area contributed by atoms with Crippen LogP contribution in [0.25, 0.3) is 0 Å². The van der Waals surface area contributed by atoms with Crippen LogP contribution in [0.1, 0.15) is 38.8 Å². The van der Waals surface area contributed by atoms with E-state index in [2.05, 4.69) is 38.8 Å². The molecule has 0 aliphatic carbocycles. The molecular weight excluding hydrogens is 475 g/mol. The fourth-order valence-corrected chi connectivity index (χ4v) is 4.63. The van der Waals surface area contributed by atoms with Gasteiger partial charge in [-0.1, -0.05) is 32.9 Å². The maximum absolute atomic E-state index is 13.4. The van der Waals surface area contributed by atoms with Crippen molar-refractivity contribution in [3.8, 4) is 11.8 Å². The zero-order valence-corrected chi connectivity index (χ0v) is 22.5. The summed E-state index contributed by atoms with van der Waals surface area (Å²) in [7, 11) is -1.90. The van der Waals surface area contributed by atoms with E-state index in [1.807, 2.05) is 13.0 Å². The molecule has 0 unspecified atom stereocenters. The van der Waals surface area contributed by atoms with E-state index in [1.54, 1.807) is 17.0 Å². The number of nitrogens with zero attached hydrogens (tertiary/aromatic N) is 2. The van der Waals surface area contributed by atoms with Gasteiger partial charge in [-0.3, -0.25) is 4.79 Å². The minimum atomic E-state index is -1.90. The van der Waals surface area contributed by atoms with Crippen molar-refractivity contribution in [3.63, 3.8) is 0 Å². The van der Waals surface area contributed by atoms with Crippen molar-refractivity contribution in [2.75, 3.05) is 30.6 Å². The van der Waals surface area contributed by atoms with Crippen LogP contribution >= 0.6 is 11.6 Å². The molecule has 34 heavy (non-hydrogen) atoms. The number of hydrogen-bond acceptors (Lipinski definition) is 5. The number of aromatic nitrogens is 1. The third-order valence-electron chi connectivity index (χ3n) is 6.45. The predicted molar refractivity (Wildman–Crippen MR) is 135 cm³/mol. The number of fused-ring (bicyclic) bond motifs is 1. The van der Waals surface area contributed by atoms with Crippen molar-refractivity contribution in [3.05, 3.63) is 47.3 Å². The largest absolute Gasteiger partial charge is 0.475 e. The smallest absolute Gasteiger partial charge is 0.242 e. The highest BCUT2D eigenvalue weighted by Crippen LogP contribution is 2.38. The summed E-state index contributed by atoms with van der Waals surface area (Å²) < 4.78 is 31.5. The van der Waals surface area contributed by atoms with Gasteiger partial charge >= 0.3 is 0 Å². The van der Waals surface area contributed by atoms with E-state index in [-0.39, 0.29) is 28.7 Å². The number of pyridine rings is 1. The molecule has 1 aliphatic rings. The van der Waals surface area contributed by atoms with E-state index < -0.39 is 8.32 Å². The van der Waals surface area contributed by atoms with Gasteiger partial charge in [0.05, 0.1) is 12.6 Å². The summed E-state index contributed by atoms with van der Waals surface area (Å²) in [5, 5.41) is 0.105. The molecule has 2 aromatic rings. The standard InChI is InChI=1S/C25H34ClFN2O4Si/c1-17-16-32-24-21(29(17)22(30)15-26)14-19(13-18-7-9-20(27)10-8-18)23(28-24)31-11-12-33-34(5,6)25(2,3)4/h7-10,14,17H,11-13,15-16H2,1-6H3/t17-/m0/s1. The van der Waals surface area contributed by atoms with Gasteiger partial charge in [-0.25, -0.2) is 4.39 Å². The molecule has 1 atom stereocenters. The Kier molecular flexibility index (Phi) is 8.26. The molecular formula is C25H34ClFN2O4Si. The fraction of sp³-hybridized carbons (Fsp3) is 0.520. The molecule has 1 amide bonds. The van der Waals surface area contributed by atoms with Crippen LogP contribution in [0.2, 0.25) is 18.1 Å². The molecule has 3 rings (SSSR count). The van der Waals surface area contributed by atoms with Gasteiger partial charge < -0.3 is 18.8 Å². The minimum absolute atomic E-state index is 0.105. The van der Waals surface area contributed by atoms with E-state index in [0.29, 0.717) is 43.7 Å². The SMILES string of the molecule is C[C@H]1COc2nc(OCCO[Si](C)(C)C(C)(C)C)c(Cc3ccc(F)cc3)cc2N1C(=O)CCl. The van der Waals surface area contributed by atoms with Gasteiger partial charge in [-0.2, -0.15) is 4.98 Å². The zero-order valence-electron chi connectivity index (χ0n) is 20.8. The lowest BCUT2D eigenvalue weighted by Crippen LogP contribution is -2.46. The Labute approximate surface area is 207 Å². The minimum Gasteiger partial charge on any atom is -0.475 e. The first-order chi connectivity index (χ1) is 15.9. The topological polar surface area (TPSA) is 60.9 Å². The summed E-state index contributed by atoms with van der Waals surface area (Å²) in [4.78, 5) is 18.8. The number of benzene rings is 1. The second-order valence-electron chi connectivity index (χ2n) is 10.1. The molecule has 0 fully saturated rings. The van der Waals surface area contributed by atoms with Crippen LogP contribution in [0.4, 0.5) is 10.1 Å². The van der Waals surface area contributed by atoms with Crippen LogP contribution in [0.5, 0.6) is 11.8 Å². The third kappa shape index (κ3) is 6.09. The van der Waals surface area contributed by atoms with E-state index in [0.717, 1.165) is 11.1 Å². The number of rotatable bonds is 8. The van der Waals surface area contributed by atoms with Crippen LogP contribution in [-0.2, 0) is 15.6 Å². The number of hydrogen-bond donors (Lipinski definition) is 0. The fourth-order valence-electron chi connectivity index (χ4n) is 3.47. The number of carbonyl (C=O) groups excluding carboxylic acids is 1. The summed E-state index contributed by atoms with van der Waals surface area (Å²) in [5.74, 6) is 0.0898. The summed E-state index contributed by atoms with van der Waals surface area (Å²) >= 11 is 5.86. The highest BCUT2D eigenvalue weighted by molar-refractivity contribution is 6.74. The predicted octanol–water partition coefficient (Wildman–Crippen LogP) is 5.56. The zero-order chi connectivity index (χ0) is 25.1. The average molecular weight is 509 g/mol. The number of carbonyl (C=O) groups is 1. The number of amides is 1. The maximum Gasteiger partial charge on any atom is 0.242 e. The summed E-state index contributed by atoms with van der Waals surface area (Å²) in [6, 6.07) is 7.96. The van der Waals surface area contributed by atoms with E-state index in [9.17, 15) is 9.18 Å². The van der Waals surface area contributed by atoms with Gasteiger partial charge in [0.25, 0.3) is 0 Å². The molecule has 0 saturated heterocycles. The van der Waals surface area contributed by atoms with Crippen molar-refractivity contribution >= 4 is 31.5 Å². The Bertz CT molecular complexity index is 1010. The van der Waals surface area contributed by atoms with Crippen LogP contribution in [0, 0.1) is 5.82 Å². The van der Waals surface area contributed by atoms with Gasteiger partial charge in [0.15, 0.2) is 8.32 Å². The number of alkyl halides is 1.